The van der Waals surface area contributed by atoms with Gasteiger partial charge in [0.1, 0.15) is 5.75 Å². The normalized spacial score (nSPS) is 33.5. The van der Waals surface area contributed by atoms with Crippen molar-refractivity contribution in [3.05, 3.63) is 27.2 Å². The van der Waals surface area contributed by atoms with Crippen LogP contribution in [0.25, 0.3) is 0 Å². The molecule has 130 valence electrons. The van der Waals surface area contributed by atoms with E-state index in [1.54, 1.807) is 6.07 Å². The molecule has 0 unspecified atom stereocenters. The summed E-state index contributed by atoms with van der Waals surface area (Å²) in [5.41, 5.74) is -0.00334. The number of carbonyl (C=O) groups excluding carboxylic acids is 1. The monoisotopic (exact) mass is 387 g/mol. The lowest BCUT2D eigenvalue weighted by molar-refractivity contribution is -0.128. The summed E-state index contributed by atoms with van der Waals surface area (Å²) in [4.78, 5) is 12.4. The molecule has 3 nitrogen and oxygen atoms in total. The third-order valence-corrected chi connectivity index (χ3v) is 6.79. The van der Waals surface area contributed by atoms with E-state index in [0.29, 0.717) is 20.8 Å². The second-order valence-corrected chi connectivity index (χ2v) is 8.95. The van der Waals surface area contributed by atoms with Crippen molar-refractivity contribution in [1.82, 2.24) is 5.32 Å². The molecule has 24 heavy (non-hydrogen) atoms. The first-order valence-electron chi connectivity index (χ1n) is 8.51. The zero-order chi connectivity index (χ0) is 16.9. The number of halogens is 3. The summed E-state index contributed by atoms with van der Waals surface area (Å²) in [5, 5.41) is 4.35. The number of hydrogen-bond acceptors (Lipinski definition) is 2. The third kappa shape index (κ3) is 3.23. The molecule has 1 amide bonds. The molecule has 0 radical (unpaired) electrons. The van der Waals surface area contributed by atoms with E-state index in [2.05, 4.69) is 5.32 Å². The minimum atomic E-state index is -0.0842. The van der Waals surface area contributed by atoms with E-state index in [1.165, 1.54) is 25.3 Å². The summed E-state index contributed by atoms with van der Waals surface area (Å²) in [7, 11) is 0. The molecule has 1 N–H and O–H groups in total. The molecule has 1 aromatic carbocycles. The van der Waals surface area contributed by atoms with Gasteiger partial charge in [-0.25, -0.2) is 0 Å². The molecule has 0 aliphatic heterocycles. The maximum absolute atomic E-state index is 12.4. The Hall–Kier alpha value is -0.640. The van der Waals surface area contributed by atoms with E-state index in [9.17, 15) is 4.79 Å². The van der Waals surface area contributed by atoms with Crippen molar-refractivity contribution in [1.29, 1.82) is 0 Å². The van der Waals surface area contributed by atoms with Crippen LogP contribution >= 0.6 is 34.8 Å². The molecule has 0 saturated heterocycles. The highest BCUT2D eigenvalue weighted by molar-refractivity contribution is 6.43. The van der Waals surface area contributed by atoms with Gasteiger partial charge in [0.15, 0.2) is 6.61 Å². The molecule has 1 aromatic rings. The quantitative estimate of drug-likeness (QED) is 0.728. The fraction of sp³-hybridized carbons (Fsp3) is 0.611. The van der Waals surface area contributed by atoms with Crippen molar-refractivity contribution in [3.63, 3.8) is 0 Å². The number of benzene rings is 1. The first-order valence-corrected chi connectivity index (χ1v) is 9.64. The van der Waals surface area contributed by atoms with Crippen molar-refractivity contribution in [2.75, 3.05) is 6.61 Å². The summed E-state index contributed by atoms with van der Waals surface area (Å²) in [6, 6.07) is 3.07. The van der Waals surface area contributed by atoms with Crippen molar-refractivity contribution < 1.29 is 9.53 Å². The maximum Gasteiger partial charge on any atom is 0.258 e. The van der Waals surface area contributed by atoms with Gasteiger partial charge in [-0.2, -0.15) is 0 Å². The van der Waals surface area contributed by atoms with Gasteiger partial charge in [0.25, 0.3) is 5.91 Å². The molecule has 4 aliphatic carbocycles. The Balaban J connectivity index is 1.38. The van der Waals surface area contributed by atoms with Crippen LogP contribution in [-0.2, 0) is 4.79 Å². The summed E-state index contributed by atoms with van der Waals surface area (Å²) in [6.07, 6.45) is 7.42. The maximum atomic E-state index is 12.4. The number of amides is 1. The number of ether oxygens (including phenoxy) is 1. The second kappa shape index (κ2) is 6.26. The first kappa shape index (κ1) is 16.8. The van der Waals surface area contributed by atoms with Gasteiger partial charge in [-0.15, -0.1) is 0 Å². The van der Waals surface area contributed by atoms with Gasteiger partial charge in [-0.05, 0) is 62.3 Å². The van der Waals surface area contributed by atoms with Crippen molar-refractivity contribution >= 4 is 40.7 Å². The van der Waals surface area contributed by atoms with Crippen molar-refractivity contribution in [2.24, 2.45) is 17.8 Å². The number of carbonyl (C=O) groups is 1. The van der Waals surface area contributed by atoms with Gasteiger partial charge in [-0.1, -0.05) is 34.8 Å². The predicted molar refractivity (Wildman–Crippen MR) is 96.0 cm³/mol. The lowest BCUT2D eigenvalue weighted by atomic mass is 9.53. The minimum absolute atomic E-state index is 0.00334. The van der Waals surface area contributed by atoms with Crippen LogP contribution < -0.4 is 10.1 Å². The molecule has 0 spiro atoms. The third-order valence-electron chi connectivity index (χ3n) is 5.78. The van der Waals surface area contributed by atoms with Crippen LogP contribution in [0, 0.1) is 17.8 Å². The fourth-order valence-corrected chi connectivity index (χ4v) is 5.95. The van der Waals surface area contributed by atoms with Crippen LogP contribution in [0.2, 0.25) is 15.1 Å². The van der Waals surface area contributed by atoms with E-state index < -0.39 is 0 Å². The molecule has 0 heterocycles. The Kier molecular flexibility index (Phi) is 4.39. The molecule has 4 saturated carbocycles. The van der Waals surface area contributed by atoms with Gasteiger partial charge in [-0.3, -0.25) is 4.79 Å². The van der Waals surface area contributed by atoms with Gasteiger partial charge in [0.05, 0.1) is 15.1 Å². The minimum Gasteiger partial charge on any atom is -0.482 e. The van der Waals surface area contributed by atoms with Gasteiger partial charge in [0, 0.05) is 11.6 Å². The molecule has 4 fully saturated rings. The zero-order valence-electron chi connectivity index (χ0n) is 13.3. The summed E-state index contributed by atoms with van der Waals surface area (Å²) in [5.74, 6) is 2.68. The predicted octanol–water partition coefficient (Wildman–Crippen LogP) is 5.11. The van der Waals surface area contributed by atoms with Crippen LogP contribution in [0.5, 0.6) is 5.75 Å². The number of hydrogen-bond donors (Lipinski definition) is 1. The Morgan fingerprint density at radius 1 is 1.00 bits per heavy atom. The molecule has 4 aliphatic rings. The Labute approximate surface area is 157 Å². The average molecular weight is 389 g/mol. The number of nitrogens with one attached hydrogen (secondary N) is 1. The van der Waals surface area contributed by atoms with Crippen molar-refractivity contribution in [2.45, 2.75) is 44.1 Å². The highest BCUT2D eigenvalue weighted by Crippen LogP contribution is 2.55. The van der Waals surface area contributed by atoms with Crippen LogP contribution in [0.3, 0.4) is 0 Å². The van der Waals surface area contributed by atoms with E-state index in [-0.39, 0.29) is 18.1 Å². The summed E-state index contributed by atoms with van der Waals surface area (Å²) < 4.78 is 5.56. The molecule has 5 rings (SSSR count). The highest BCUT2D eigenvalue weighted by Gasteiger charge is 2.51. The average Bonchev–Trinajstić information content (AvgIpc) is 2.47. The van der Waals surface area contributed by atoms with E-state index in [4.69, 9.17) is 39.5 Å². The highest BCUT2D eigenvalue weighted by atomic mass is 35.5. The van der Waals surface area contributed by atoms with Crippen LogP contribution in [0.1, 0.15) is 38.5 Å². The standard InChI is InChI=1S/C18H20Cl3NO2/c19-13-4-15(21)16(5-14(13)20)24-9-17(23)22-18-6-10-1-11(7-18)3-12(2-10)8-18/h4-5,10-12H,1-3,6-9H2,(H,22,23). The molecular formula is C18H20Cl3NO2. The first-order chi connectivity index (χ1) is 11.4. The molecule has 4 bridgehead atoms. The summed E-state index contributed by atoms with van der Waals surface area (Å²) >= 11 is 18.0. The molecule has 6 heteroatoms. The molecule has 0 aromatic heterocycles. The van der Waals surface area contributed by atoms with E-state index in [1.807, 2.05) is 0 Å². The van der Waals surface area contributed by atoms with Crippen LogP contribution in [-0.4, -0.2) is 18.1 Å². The van der Waals surface area contributed by atoms with Crippen molar-refractivity contribution in [3.8, 4) is 5.75 Å². The Morgan fingerprint density at radius 2 is 1.54 bits per heavy atom. The van der Waals surface area contributed by atoms with Crippen LogP contribution in [0.15, 0.2) is 12.1 Å². The SMILES string of the molecule is O=C(COc1cc(Cl)c(Cl)cc1Cl)NC12CC3CC(CC(C3)C1)C2. The van der Waals surface area contributed by atoms with Gasteiger partial charge < -0.3 is 10.1 Å². The fourth-order valence-electron chi connectivity index (χ4n) is 5.35. The Morgan fingerprint density at radius 3 is 2.12 bits per heavy atom. The largest absolute Gasteiger partial charge is 0.482 e. The molecule has 0 atom stereocenters. The van der Waals surface area contributed by atoms with E-state index in [0.717, 1.165) is 37.0 Å². The van der Waals surface area contributed by atoms with Crippen LogP contribution in [0.4, 0.5) is 0 Å². The lowest BCUT2D eigenvalue weighted by Gasteiger charge is -2.56. The zero-order valence-corrected chi connectivity index (χ0v) is 15.6. The topological polar surface area (TPSA) is 38.3 Å². The van der Waals surface area contributed by atoms with Gasteiger partial charge in [0.2, 0.25) is 0 Å². The molecular weight excluding hydrogens is 369 g/mol. The summed E-state index contributed by atoms with van der Waals surface area (Å²) in [6.45, 7) is -0.0561. The number of rotatable bonds is 4. The second-order valence-electron chi connectivity index (χ2n) is 7.73. The smallest absolute Gasteiger partial charge is 0.258 e. The lowest BCUT2D eigenvalue weighted by Crippen LogP contribution is -2.60. The Bertz CT molecular complexity index is 641. The van der Waals surface area contributed by atoms with Gasteiger partial charge >= 0.3 is 0 Å². The van der Waals surface area contributed by atoms with E-state index >= 15 is 0 Å².